The van der Waals surface area contributed by atoms with E-state index < -0.39 is 10.8 Å². The number of carbonyl (C=O) groups excluding carboxylic acids is 1. The number of non-ortho nitro benzene ring substituents is 1. The molecule has 1 amide bonds. The summed E-state index contributed by atoms with van der Waals surface area (Å²) in [4.78, 5) is 22.2. The van der Waals surface area contributed by atoms with E-state index in [0.29, 0.717) is 5.69 Å². The second-order valence-electron chi connectivity index (χ2n) is 5.37. The molecule has 2 aromatic rings. The summed E-state index contributed by atoms with van der Waals surface area (Å²) in [6, 6.07) is 12.9. The minimum absolute atomic E-state index is 0.0783. The van der Waals surface area contributed by atoms with Crippen LogP contribution in [0.5, 0.6) is 0 Å². The minimum Gasteiger partial charge on any atom is -0.360 e. The average molecular weight is 336 g/mol. The molecule has 25 heavy (non-hydrogen) atoms. The van der Waals surface area contributed by atoms with E-state index in [9.17, 15) is 14.9 Å². The number of nitriles is 1. The van der Waals surface area contributed by atoms with Crippen molar-refractivity contribution in [2.24, 2.45) is 0 Å². The maximum atomic E-state index is 12.1. The molecular weight excluding hydrogens is 320 g/mol. The molecule has 0 heterocycles. The average Bonchev–Trinajstić information content (AvgIpc) is 2.59. The summed E-state index contributed by atoms with van der Waals surface area (Å²) in [7, 11) is 0. The summed E-state index contributed by atoms with van der Waals surface area (Å²) in [5.74, 6) is -0.604. The molecule has 2 aromatic carbocycles. The van der Waals surface area contributed by atoms with Crippen LogP contribution in [-0.4, -0.2) is 10.8 Å². The van der Waals surface area contributed by atoms with Gasteiger partial charge in [-0.3, -0.25) is 14.9 Å². The van der Waals surface area contributed by atoms with E-state index in [4.69, 9.17) is 5.26 Å². The minimum atomic E-state index is -0.604. The van der Waals surface area contributed by atoms with Crippen molar-refractivity contribution in [1.29, 1.82) is 5.26 Å². The molecule has 2 N–H and O–H groups in total. The molecule has 7 nitrogen and oxygen atoms in total. The summed E-state index contributed by atoms with van der Waals surface area (Å²) in [5, 5.41) is 25.2. The quantitative estimate of drug-likeness (QED) is 0.375. The van der Waals surface area contributed by atoms with E-state index in [0.717, 1.165) is 16.8 Å². The molecule has 0 radical (unpaired) electrons. The zero-order chi connectivity index (χ0) is 18.4. The van der Waals surface area contributed by atoms with Crippen molar-refractivity contribution >= 4 is 23.0 Å². The molecule has 7 heteroatoms. The van der Waals surface area contributed by atoms with Crippen LogP contribution in [0.1, 0.15) is 11.1 Å². The third-order valence-electron chi connectivity index (χ3n) is 3.59. The van der Waals surface area contributed by atoms with Gasteiger partial charge >= 0.3 is 0 Å². The third-order valence-corrected chi connectivity index (χ3v) is 3.59. The molecule has 0 fully saturated rings. The zero-order valence-electron chi connectivity index (χ0n) is 13.7. The second kappa shape index (κ2) is 7.75. The molecule has 0 spiro atoms. The van der Waals surface area contributed by atoms with Gasteiger partial charge in [-0.1, -0.05) is 6.07 Å². The van der Waals surface area contributed by atoms with Crippen LogP contribution >= 0.6 is 0 Å². The Hall–Kier alpha value is -3.66. The number of aryl methyl sites for hydroxylation is 2. The Balaban J connectivity index is 2.08. The smallest absolute Gasteiger partial charge is 0.269 e. The summed E-state index contributed by atoms with van der Waals surface area (Å²) in [6.45, 7) is 3.96. The van der Waals surface area contributed by atoms with E-state index in [1.54, 1.807) is 0 Å². The van der Waals surface area contributed by atoms with Gasteiger partial charge < -0.3 is 10.6 Å². The van der Waals surface area contributed by atoms with Crippen LogP contribution < -0.4 is 10.6 Å². The van der Waals surface area contributed by atoms with Gasteiger partial charge in [0.2, 0.25) is 0 Å². The van der Waals surface area contributed by atoms with Crippen LogP contribution in [0.4, 0.5) is 17.1 Å². The molecular formula is C18H16N4O3. The Morgan fingerprint density at radius 3 is 2.32 bits per heavy atom. The summed E-state index contributed by atoms with van der Waals surface area (Å²) < 4.78 is 0. The number of nitro benzene ring substituents is 1. The molecule has 0 aromatic heterocycles. The molecule has 0 unspecified atom stereocenters. The van der Waals surface area contributed by atoms with Gasteiger partial charge in [0.1, 0.15) is 11.6 Å². The fourth-order valence-corrected chi connectivity index (χ4v) is 2.00. The molecule has 0 atom stereocenters. The van der Waals surface area contributed by atoms with Gasteiger partial charge in [0.25, 0.3) is 11.6 Å². The second-order valence-corrected chi connectivity index (χ2v) is 5.37. The summed E-state index contributed by atoms with van der Waals surface area (Å²) in [6.07, 6.45) is 1.32. The lowest BCUT2D eigenvalue weighted by molar-refractivity contribution is -0.384. The molecule has 0 saturated heterocycles. The Morgan fingerprint density at radius 1 is 1.12 bits per heavy atom. The summed E-state index contributed by atoms with van der Waals surface area (Å²) in [5.41, 5.74) is 3.17. The van der Waals surface area contributed by atoms with Crippen molar-refractivity contribution in [3.63, 3.8) is 0 Å². The number of carbonyl (C=O) groups is 1. The van der Waals surface area contributed by atoms with Gasteiger partial charge in [0, 0.05) is 29.7 Å². The molecule has 0 saturated carbocycles. The van der Waals surface area contributed by atoms with E-state index in [2.05, 4.69) is 10.6 Å². The first-order valence-corrected chi connectivity index (χ1v) is 7.40. The molecule has 0 aliphatic carbocycles. The lowest BCUT2D eigenvalue weighted by Gasteiger charge is -2.07. The van der Waals surface area contributed by atoms with Gasteiger partial charge in [0.15, 0.2) is 0 Å². The Bertz CT molecular complexity index is 880. The monoisotopic (exact) mass is 336 g/mol. The van der Waals surface area contributed by atoms with Gasteiger partial charge in [0.05, 0.1) is 4.92 Å². The molecule has 2 rings (SSSR count). The predicted octanol–water partition coefficient (Wildman–Crippen LogP) is 3.67. The van der Waals surface area contributed by atoms with Gasteiger partial charge in [-0.15, -0.1) is 0 Å². The van der Waals surface area contributed by atoms with Crippen LogP contribution in [0.3, 0.4) is 0 Å². The number of benzene rings is 2. The van der Waals surface area contributed by atoms with Gasteiger partial charge in [-0.05, 0) is 49.2 Å². The van der Waals surface area contributed by atoms with Crippen LogP contribution in [0.25, 0.3) is 0 Å². The number of anilines is 2. The lowest BCUT2D eigenvalue weighted by atomic mass is 10.1. The van der Waals surface area contributed by atoms with Crippen molar-refractivity contribution in [1.82, 2.24) is 0 Å². The van der Waals surface area contributed by atoms with Crippen molar-refractivity contribution in [2.45, 2.75) is 13.8 Å². The predicted molar refractivity (Wildman–Crippen MR) is 95.0 cm³/mol. The topological polar surface area (TPSA) is 108 Å². The van der Waals surface area contributed by atoms with Crippen molar-refractivity contribution in [3.8, 4) is 6.07 Å². The van der Waals surface area contributed by atoms with Crippen molar-refractivity contribution in [2.75, 3.05) is 10.6 Å². The SMILES string of the molecule is Cc1ccc(N/C=C(/C#N)C(=O)Nc2ccc([N+](=O)[O-])cc2)cc1C. The van der Waals surface area contributed by atoms with Crippen molar-refractivity contribution < 1.29 is 9.72 Å². The fourth-order valence-electron chi connectivity index (χ4n) is 2.00. The van der Waals surface area contributed by atoms with Crippen LogP contribution in [-0.2, 0) is 4.79 Å². The Kier molecular flexibility index (Phi) is 5.48. The summed E-state index contributed by atoms with van der Waals surface area (Å²) >= 11 is 0. The normalized spacial score (nSPS) is 10.7. The largest absolute Gasteiger partial charge is 0.360 e. The zero-order valence-corrected chi connectivity index (χ0v) is 13.7. The maximum absolute atomic E-state index is 12.1. The van der Waals surface area contributed by atoms with E-state index in [1.807, 2.05) is 38.1 Å². The number of nitro groups is 1. The number of nitrogens with one attached hydrogen (secondary N) is 2. The molecule has 0 aliphatic heterocycles. The van der Waals surface area contributed by atoms with Crippen LogP contribution in [0.15, 0.2) is 54.2 Å². The molecule has 0 aliphatic rings. The molecule has 0 bridgehead atoms. The van der Waals surface area contributed by atoms with Crippen molar-refractivity contribution in [3.05, 3.63) is 75.5 Å². The van der Waals surface area contributed by atoms with Gasteiger partial charge in [-0.2, -0.15) is 5.26 Å². The van der Waals surface area contributed by atoms with Crippen LogP contribution in [0, 0.1) is 35.3 Å². The highest BCUT2D eigenvalue weighted by molar-refractivity contribution is 6.06. The highest BCUT2D eigenvalue weighted by atomic mass is 16.6. The maximum Gasteiger partial charge on any atom is 0.269 e. The standard InChI is InChI=1S/C18H16N4O3/c1-12-3-4-16(9-13(12)2)20-11-14(10-19)18(23)21-15-5-7-17(8-6-15)22(24)25/h3-9,11,20H,1-2H3,(H,21,23)/b14-11-. The van der Waals surface area contributed by atoms with Gasteiger partial charge in [-0.25, -0.2) is 0 Å². The number of nitrogens with zero attached hydrogens (tertiary/aromatic N) is 2. The number of hydrogen-bond donors (Lipinski definition) is 2. The van der Waals surface area contributed by atoms with E-state index in [-0.39, 0.29) is 11.3 Å². The third kappa shape index (κ3) is 4.65. The lowest BCUT2D eigenvalue weighted by Crippen LogP contribution is -2.14. The number of hydrogen-bond acceptors (Lipinski definition) is 5. The Labute approximate surface area is 144 Å². The fraction of sp³-hybridized carbons (Fsp3) is 0.111. The van der Waals surface area contributed by atoms with Crippen LogP contribution in [0.2, 0.25) is 0 Å². The number of amides is 1. The highest BCUT2D eigenvalue weighted by Crippen LogP contribution is 2.17. The van der Waals surface area contributed by atoms with E-state index in [1.165, 1.54) is 30.5 Å². The first-order valence-electron chi connectivity index (χ1n) is 7.40. The van der Waals surface area contributed by atoms with E-state index >= 15 is 0 Å². The first kappa shape index (κ1) is 17.7. The highest BCUT2D eigenvalue weighted by Gasteiger charge is 2.11. The number of rotatable bonds is 5. The first-order chi connectivity index (χ1) is 11.9. The Morgan fingerprint density at radius 2 is 1.76 bits per heavy atom. The molecule has 126 valence electrons.